The van der Waals surface area contributed by atoms with Crippen LogP contribution in [0, 0.1) is 12.8 Å². The van der Waals surface area contributed by atoms with Crippen molar-refractivity contribution >= 4 is 5.69 Å². The van der Waals surface area contributed by atoms with E-state index in [2.05, 4.69) is 43.9 Å². The third kappa shape index (κ3) is 3.97. The lowest BCUT2D eigenvalue weighted by atomic mass is 10.0. The van der Waals surface area contributed by atoms with Crippen LogP contribution in [-0.4, -0.2) is 19.1 Å². The molecule has 1 aliphatic rings. The summed E-state index contributed by atoms with van der Waals surface area (Å²) in [6, 6.07) is 7.66. The van der Waals surface area contributed by atoms with E-state index in [1.165, 1.54) is 42.6 Å². The van der Waals surface area contributed by atoms with Gasteiger partial charge in [-0.2, -0.15) is 0 Å². The first-order valence-corrected chi connectivity index (χ1v) is 7.68. The van der Waals surface area contributed by atoms with Gasteiger partial charge in [0, 0.05) is 18.3 Å². The van der Waals surface area contributed by atoms with Crippen molar-refractivity contribution in [2.75, 3.05) is 18.0 Å². The fourth-order valence-corrected chi connectivity index (χ4v) is 2.65. The maximum absolute atomic E-state index is 5.64. The van der Waals surface area contributed by atoms with Crippen molar-refractivity contribution in [1.29, 1.82) is 0 Å². The zero-order valence-electron chi connectivity index (χ0n) is 12.7. The van der Waals surface area contributed by atoms with Crippen LogP contribution >= 0.6 is 0 Å². The van der Waals surface area contributed by atoms with Gasteiger partial charge < -0.3 is 10.6 Å². The lowest BCUT2D eigenvalue weighted by Gasteiger charge is -2.27. The summed E-state index contributed by atoms with van der Waals surface area (Å²) in [5, 5.41) is 0. The number of nitrogens with zero attached hydrogens (tertiary/aromatic N) is 1. The minimum absolute atomic E-state index is 0.735. The Labute approximate surface area is 118 Å². The Balaban J connectivity index is 2.12. The average molecular weight is 260 g/mol. The summed E-state index contributed by atoms with van der Waals surface area (Å²) >= 11 is 0. The molecule has 0 unspecified atom stereocenters. The highest BCUT2D eigenvalue weighted by Gasteiger charge is 2.29. The van der Waals surface area contributed by atoms with E-state index in [-0.39, 0.29) is 0 Å². The maximum Gasteiger partial charge on any atom is 0.0398 e. The van der Waals surface area contributed by atoms with Gasteiger partial charge in [0.1, 0.15) is 0 Å². The Morgan fingerprint density at radius 1 is 1.32 bits per heavy atom. The zero-order valence-corrected chi connectivity index (χ0v) is 12.7. The maximum atomic E-state index is 5.64. The largest absolute Gasteiger partial charge is 0.368 e. The monoisotopic (exact) mass is 260 g/mol. The molecule has 0 atom stereocenters. The summed E-state index contributed by atoms with van der Waals surface area (Å²) in [5.74, 6) is 0.776. The molecule has 0 aromatic heterocycles. The predicted molar refractivity (Wildman–Crippen MR) is 83.8 cm³/mol. The minimum Gasteiger partial charge on any atom is -0.368 e. The lowest BCUT2D eigenvalue weighted by molar-refractivity contribution is 0.570. The number of rotatable bonds is 7. The Morgan fingerprint density at radius 2 is 2.05 bits per heavy atom. The smallest absolute Gasteiger partial charge is 0.0398 e. The van der Waals surface area contributed by atoms with Crippen LogP contribution in [0.15, 0.2) is 18.2 Å². The van der Waals surface area contributed by atoms with Crippen molar-refractivity contribution < 1.29 is 0 Å². The van der Waals surface area contributed by atoms with Crippen molar-refractivity contribution in [2.24, 2.45) is 11.7 Å². The molecule has 0 saturated heterocycles. The molecule has 0 amide bonds. The molecule has 1 aromatic rings. The van der Waals surface area contributed by atoms with Gasteiger partial charge in [-0.15, -0.1) is 0 Å². The zero-order chi connectivity index (χ0) is 13.8. The molecule has 0 heterocycles. The van der Waals surface area contributed by atoms with Gasteiger partial charge in [-0.25, -0.2) is 0 Å². The van der Waals surface area contributed by atoms with Crippen LogP contribution in [-0.2, 0) is 6.42 Å². The van der Waals surface area contributed by atoms with E-state index in [9.17, 15) is 0 Å². The van der Waals surface area contributed by atoms with E-state index < -0.39 is 0 Å². The number of hydrogen-bond acceptors (Lipinski definition) is 2. The summed E-state index contributed by atoms with van der Waals surface area (Å²) in [7, 11) is 0. The number of benzene rings is 1. The highest BCUT2D eigenvalue weighted by atomic mass is 15.2. The van der Waals surface area contributed by atoms with Crippen LogP contribution in [0.4, 0.5) is 5.69 Å². The quantitative estimate of drug-likeness (QED) is 0.813. The van der Waals surface area contributed by atoms with Crippen LogP contribution in [0.1, 0.15) is 44.2 Å². The van der Waals surface area contributed by atoms with Crippen LogP contribution in [0.5, 0.6) is 0 Å². The van der Waals surface area contributed by atoms with Crippen LogP contribution < -0.4 is 10.6 Å². The molecule has 0 bridgehead atoms. The molecule has 0 radical (unpaired) electrons. The summed E-state index contributed by atoms with van der Waals surface area (Å²) < 4.78 is 0. The van der Waals surface area contributed by atoms with Gasteiger partial charge in [-0.1, -0.05) is 26.0 Å². The summed E-state index contributed by atoms with van der Waals surface area (Å²) in [6.45, 7) is 8.78. The third-order valence-corrected chi connectivity index (χ3v) is 3.94. The van der Waals surface area contributed by atoms with Crippen LogP contribution in [0.3, 0.4) is 0 Å². The fraction of sp³-hybridized carbons (Fsp3) is 0.647. The highest BCUT2D eigenvalue weighted by Crippen LogP contribution is 2.34. The summed E-state index contributed by atoms with van der Waals surface area (Å²) in [5.41, 5.74) is 9.84. The standard InChI is InChI=1S/C17H28N2/c1-13(2)9-11-19(16-5-6-16)17-7-4-15(8-10-18)12-14(17)3/h4,7,12-13,16H,5-6,8-11,18H2,1-3H3. The van der Waals surface area contributed by atoms with E-state index in [0.29, 0.717) is 0 Å². The first-order chi connectivity index (χ1) is 9.11. The van der Waals surface area contributed by atoms with E-state index in [0.717, 1.165) is 24.9 Å². The van der Waals surface area contributed by atoms with Crippen molar-refractivity contribution in [1.82, 2.24) is 0 Å². The Morgan fingerprint density at radius 3 is 2.58 bits per heavy atom. The van der Waals surface area contributed by atoms with Crippen molar-refractivity contribution in [3.05, 3.63) is 29.3 Å². The number of nitrogens with two attached hydrogens (primary N) is 1. The molecule has 1 fully saturated rings. The molecular formula is C17H28N2. The van der Waals surface area contributed by atoms with Gasteiger partial charge in [0.05, 0.1) is 0 Å². The molecule has 19 heavy (non-hydrogen) atoms. The highest BCUT2D eigenvalue weighted by molar-refractivity contribution is 5.56. The summed E-state index contributed by atoms with van der Waals surface area (Å²) in [6.07, 6.45) is 4.99. The first kappa shape index (κ1) is 14.4. The Kier molecular flexibility index (Phi) is 4.87. The normalized spacial score (nSPS) is 15.0. The molecule has 2 heteroatoms. The van der Waals surface area contributed by atoms with Crippen LogP contribution in [0.2, 0.25) is 0 Å². The lowest BCUT2D eigenvalue weighted by Crippen LogP contribution is -2.28. The van der Waals surface area contributed by atoms with E-state index >= 15 is 0 Å². The average Bonchev–Trinajstić information content (AvgIpc) is 3.16. The van der Waals surface area contributed by atoms with Crippen molar-refractivity contribution in [2.45, 2.75) is 52.5 Å². The van der Waals surface area contributed by atoms with E-state index in [1.807, 2.05) is 0 Å². The first-order valence-electron chi connectivity index (χ1n) is 7.68. The molecule has 2 nitrogen and oxygen atoms in total. The molecule has 2 N–H and O–H groups in total. The van der Waals surface area contributed by atoms with Crippen molar-refractivity contribution in [3.63, 3.8) is 0 Å². The second-order valence-electron chi connectivity index (χ2n) is 6.27. The number of hydrogen-bond donors (Lipinski definition) is 1. The molecule has 1 aromatic carbocycles. The second kappa shape index (κ2) is 6.42. The second-order valence-corrected chi connectivity index (χ2v) is 6.27. The van der Waals surface area contributed by atoms with Gasteiger partial charge in [-0.05, 0) is 62.3 Å². The SMILES string of the molecule is Cc1cc(CCN)ccc1N(CCC(C)C)C1CC1. The molecule has 0 spiro atoms. The van der Waals surface area contributed by atoms with Gasteiger partial charge in [0.2, 0.25) is 0 Å². The number of aryl methyl sites for hydroxylation is 1. The summed E-state index contributed by atoms with van der Waals surface area (Å²) in [4.78, 5) is 2.63. The van der Waals surface area contributed by atoms with E-state index in [1.54, 1.807) is 0 Å². The molecule has 0 aliphatic heterocycles. The van der Waals surface area contributed by atoms with Gasteiger partial charge in [-0.3, -0.25) is 0 Å². The van der Waals surface area contributed by atoms with Crippen molar-refractivity contribution in [3.8, 4) is 0 Å². The van der Waals surface area contributed by atoms with E-state index in [4.69, 9.17) is 5.73 Å². The predicted octanol–water partition coefficient (Wildman–Crippen LogP) is 3.51. The van der Waals surface area contributed by atoms with Gasteiger partial charge in [0.25, 0.3) is 0 Å². The number of anilines is 1. The molecule has 1 saturated carbocycles. The fourth-order valence-electron chi connectivity index (χ4n) is 2.65. The molecule has 2 rings (SSSR count). The molecular weight excluding hydrogens is 232 g/mol. The Hall–Kier alpha value is -1.02. The minimum atomic E-state index is 0.735. The molecule has 106 valence electrons. The van der Waals surface area contributed by atoms with Gasteiger partial charge in [0.15, 0.2) is 0 Å². The third-order valence-electron chi connectivity index (χ3n) is 3.94. The topological polar surface area (TPSA) is 29.3 Å². The molecule has 1 aliphatic carbocycles. The Bertz CT molecular complexity index is 408. The van der Waals surface area contributed by atoms with Gasteiger partial charge >= 0.3 is 0 Å². The van der Waals surface area contributed by atoms with Crippen LogP contribution in [0.25, 0.3) is 0 Å².